The second kappa shape index (κ2) is 7.69. The molecule has 0 aromatic carbocycles. The van der Waals surface area contributed by atoms with E-state index in [1.54, 1.807) is 0 Å². The Hall–Kier alpha value is -0.540. The van der Waals surface area contributed by atoms with Crippen molar-refractivity contribution in [3.63, 3.8) is 0 Å². The Morgan fingerprint density at radius 2 is 2.06 bits per heavy atom. The zero-order valence-corrected chi connectivity index (χ0v) is 11.1. The molecule has 0 amide bonds. The van der Waals surface area contributed by atoms with Gasteiger partial charge in [-0.3, -0.25) is 4.68 Å². The maximum absolute atomic E-state index is 5.94. The topological polar surface area (TPSA) is 29.9 Å². The molecule has 92 valence electrons. The molecular weight excluding hydrogens is 222 g/mol. The van der Waals surface area contributed by atoms with Gasteiger partial charge < -0.3 is 5.32 Å². The molecule has 0 unspecified atom stereocenters. The first kappa shape index (κ1) is 13.5. The molecule has 0 aliphatic carbocycles. The van der Waals surface area contributed by atoms with Crippen LogP contribution >= 0.6 is 11.6 Å². The van der Waals surface area contributed by atoms with Crippen molar-refractivity contribution in [1.29, 1.82) is 0 Å². The fourth-order valence-electron chi connectivity index (χ4n) is 1.66. The van der Waals surface area contributed by atoms with Crippen molar-refractivity contribution in [1.82, 2.24) is 15.1 Å². The van der Waals surface area contributed by atoms with Gasteiger partial charge in [-0.25, -0.2) is 0 Å². The first-order chi connectivity index (χ1) is 7.74. The number of hydrogen-bond acceptors (Lipinski definition) is 2. The number of halogens is 1. The summed E-state index contributed by atoms with van der Waals surface area (Å²) in [5.41, 5.74) is 0.925. The average molecular weight is 244 g/mol. The third-order valence-electron chi connectivity index (χ3n) is 2.63. The van der Waals surface area contributed by atoms with Gasteiger partial charge in [-0.15, -0.1) is 0 Å². The maximum Gasteiger partial charge on any atom is 0.0814 e. The number of rotatable bonds is 8. The van der Waals surface area contributed by atoms with Crippen LogP contribution < -0.4 is 5.32 Å². The molecule has 1 rings (SSSR count). The molecule has 0 aliphatic rings. The van der Waals surface area contributed by atoms with Crippen molar-refractivity contribution < 1.29 is 0 Å². The monoisotopic (exact) mass is 243 g/mol. The highest BCUT2D eigenvalue weighted by molar-refractivity contribution is 6.31. The Morgan fingerprint density at radius 1 is 1.31 bits per heavy atom. The van der Waals surface area contributed by atoms with Crippen LogP contribution in [0.4, 0.5) is 0 Å². The summed E-state index contributed by atoms with van der Waals surface area (Å²) in [6.07, 6.45) is 6.93. The lowest BCUT2D eigenvalue weighted by molar-refractivity contribution is 0.525. The SMILES string of the molecule is CCNCCCCCCn1cc(Cl)c(C)n1. The van der Waals surface area contributed by atoms with Crippen LogP contribution in [0.3, 0.4) is 0 Å². The first-order valence-corrected chi connectivity index (χ1v) is 6.52. The molecule has 1 aromatic rings. The van der Waals surface area contributed by atoms with Crippen molar-refractivity contribution in [2.24, 2.45) is 0 Å². The van der Waals surface area contributed by atoms with Gasteiger partial charge in [-0.05, 0) is 32.9 Å². The van der Waals surface area contributed by atoms with E-state index in [-0.39, 0.29) is 0 Å². The molecule has 0 atom stereocenters. The molecule has 0 saturated carbocycles. The van der Waals surface area contributed by atoms with Gasteiger partial charge >= 0.3 is 0 Å². The zero-order chi connectivity index (χ0) is 11.8. The quantitative estimate of drug-likeness (QED) is 0.712. The Balaban J connectivity index is 2.03. The normalized spacial score (nSPS) is 10.9. The van der Waals surface area contributed by atoms with E-state index in [2.05, 4.69) is 17.3 Å². The van der Waals surface area contributed by atoms with Crippen LogP contribution in [0, 0.1) is 6.92 Å². The minimum atomic E-state index is 0.771. The summed E-state index contributed by atoms with van der Waals surface area (Å²) in [6, 6.07) is 0. The summed E-state index contributed by atoms with van der Waals surface area (Å²) in [4.78, 5) is 0. The van der Waals surface area contributed by atoms with E-state index in [4.69, 9.17) is 11.6 Å². The summed E-state index contributed by atoms with van der Waals surface area (Å²) >= 11 is 5.94. The highest BCUT2D eigenvalue weighted by atomic mass is 35.5. The van der Waals surface area contributed by atoms with Crippen LogP contribution in [-0.2, 0) is 6.54 Å². The van der Waals surface area contributed by atoms with Gasteiger partial charge in [0.1, 0.15) is 0 Å². The standard InChI is InChI=1S/C12H22ClN3/c1-3-14-8-6-4-5-7-9-16-10-12(13)11(2)15-16/h10,14H,3-9H2,1-2H3. The Morgan fingerprint density at radius 3 is 2.69 bits per heavy atom. The van der Waals surface area contributed by atoms with Crippen molar-refractivity contribution in [3.8, 4) is 0 Å². The number of nitrogens with one attached hydrogen (secondary N) is 1. The second-order valence-corrected chi connectivity index (χ2v) is 4.50. The fourth-order valence-corrected chi connectivity index (χ4v) is 1.81. The van der Waals surface area contributed by atoms with Gasteiger partial charge in [0.25, 0.3) is 0 Å². The Bertz CT molecular complexity index is 277. The molecule has 0 spiro atoms. The number of aryl methyl sites for hydroxylation is 2. The summed E-state index contributed by atoms with van der Waals surface area (Å²) in [7, 11) is 0. The van der Waals surface area contributed by atoms with Crippen LogP contribution in [-0.4, -0.2) is 22.9 Å². The van der Waals surface area contributed by atoms with E-state index in [0.29, 0.717) is 0 Å². The third-order valence-corrected chi connectivity index (χ3v) is 3.00. The molecule has 4 heteroatoms. The van der Waals surface area contributed by atoms with Gasteiger partial charge in [0, 0.05) is 12.7 Å². The fraction of sp³-hybridized carbons (Fsp3) is 0.750. The van der Waals surface area contributed by atoms with E-state index >= 15 is 0 Å². The predicted octanol–water partition coefficient (Wildman–Crippen LogP) is 3.01. The molecule has 1 aromatic heterocycles. The van der Waals surface area contributed by atoms with E-state index in [1.165, 1.54) is 25.7 Å². The molecule has 0 aliphatic heterocycles. The molecule has 16 heavy (non-hydrogen) atoms. The summed E-state index contributed by atoms with van der Waals surface area (Å²) in [6.45, 7) is 7.28. The van der Waals surface area contributed by atoms with Crippen molar-refractivity contribution >= 4 is 11.6 Å². The lowest BCUT2D eigenvalue weighted by atomic mass is 10.2. The average Bonchev–Trinajstić information content (AvgIpc) is 2.57. The van der Waals surface area contributed by atoms with Gasteiger partial charge in [0.2, 0.25) is 0 Å². The molecule has 0 saturated heterocycles. The summed E-state index contributed by atoms with van der Waals surface area (Å²) < 4.78 is 1.95. The van der Waals surface area contributed by atoms with Crippen LogP contribution in [0.25, 0.3) is 0 Å². The zero-order valence-electron chi connectivity index (χ0n) is 10.3. The van der Waals surface area contributed by atoms with Crippen LogP contribution in [0.1, 0.15) is 38.3 Å². The lowest BCUT2D eigenvalue weighted by Gasteiger charge is -2.02. The minimum Gasteiger partial charge on any atom is -0.317 e. The van der Waals surface area contributed by atoms with Gasteiger partial charge in [0.05, 0.1) is 10.7 Å². The van der Waals surface area contributed by atoms with E-state index in [9.17, 15) is 0 Å². The molecule has 1 N–H and O–H groups in total. The van der Waals surface area contributed by atoms with Gasteiger partial charge in [-0.2, -0.15) is 5.10 Å². The van der Waals surface area contributed by atoms with Crippen LogP contribution in [0.2, 0.25) is 5.02 Å². The first-order valence-electron chi connectivity index (χ1n) is 6.14. The molecule has 0 fully saturated rings. The maximum atomic E-state index is 5.94. The van der Waals surface area contributed by atoms with Crippen molar-refractivity contribution in [2.45, 2.75) is 46.1 Å². The van der Waals surface area contributed by atoms with E-state index in [0.717, 1.165) is 30.4 Å². The molecular formula is C12H22ClN3. The van der Waals surface area contributed by atoms with E-state index < -0.39 is 0 Å². The third kappa shape index (κ3) is 4.99. The highest BCUT2D eigenvalue weighted by Crippen LogP contribution is 2.12. The van der Waals surface area contributed by atoms with Gasteiger partial charge in [0.15, 0.2) is 0 Å². The molecule has 3 nitrogen and oxygen atoms in total. The van der Waals surface area contributed by atoms with Crippen molar-refractivity contribution in [3.05, 3.63) is 16.9 Å². The number of unbranched alkanes of at least 4 members (excludes halogenated alkanes) is 3. The van der Waals surface area contributed by atoms with Gasteiger partial charge in [-0.1, -0.05) is 31.4 Å². The predicted molar refractivity (Wildman–Crippen MR) is 69.0 cm³/mol. The van der Waals surface area contributed by atoms with Crippen LogP contribution in [0.5, 0.6) is 0 Å². The number of hydrogen-bond donors (Lipinski definition) is 1. The minimum absolute atomic E-state index is 0.771. The Labute approximate surface area is 103 Å². The van der Waals surface area contributed by atoms with Crippen molar-refractivity contribution in [2.75, 3.05) is 13.1 Å². The summed E-state index contributed by atoms with van der Waals surface area (Å²) in [5.74, 6) is 0. The number of aromatic nitrogens is 2. The van der Waals surface area contributed by atoms with Crippen LogP contribution in [0.15, 0.2) is 6.20 Å². The smallest absolute Gasteiger partial charge is 0.0814 e. The van der Waals surface area contributed by atoms with E-state index in [1.807, 2.05) is 17.8 Å². The molecule has 0 bridgehead atoms. The molecule has 0 radical (unpaired) electrons. The lowest BCUT2D eigenvalue weighted by Crippen LogP contribution is -2.13. The summed E-state index contributed by atoms with van der Waals surface area (Å²) in [5, 5.41) is 8.43. The molecule has 1 heterocycles. The number of nitrogens with zero attached hydrogens (tertiary/aromatic N) is 2. The Kier molecular flexibility index (Phi) is 6.50. The highest BCUT2D eigenvalue weighted by Gasteiger charge is 2.00. The second-order valence-electron chi connectivity index (χ2n) is 4.09. The largest absolute Gasteiger partial charge is 0.317 e.